The summed E-state index contributed by atoms with van der Waals surface area (Å²) in [7, 11) is 2.17. The van der Waals surface area contributed by atoms with E-state index in [1.54, 1.807) is 13.8 Å². The van der Waals surface area contributed by atoms with Crippen LogP contribution in [0.5, 0.6) is 0 Å². The fourth-order valence-electron chi connectivity index (χ4n) is 3.33. The van der Waals surface area contributed by atoms with Gasteiger partial charge in [-0.1, -0.05) is 23.4 Å². The number of rotatable bonds is 6. The predicted molar refractivity (Wildman–Crippen MR) is 101 cm³/mol. The lowest BCUT2D eigenvalue weighted by Crippen LogP contribution is -2.34. The minimum absolute atomic E-state index is 0.114. The topological polar surface area (TPSA) is 80.4 Å². The number of sulfonamides is 1. The summed E-state index contributed by atoms with van der Waals surface area (Å²) in [5, 5.41) is 4.86. The molecule has 0 fully saturated rings. The zero-order valence-electron chi connectivity index (χ0n) is 15.6. The van der Waals surface area contributed by atoms with Gasteiger partial charge in [0.25, 0.3) is 0 Å². The van der Waals surface area contributed by atoms with Gasteiger partial charge in [0.2, 0.25) is 10.0 Å². The molecule has 8 heteroatoms. The van der Waals surface area contributed by atoms with E-state index < -0.39 is 10.0 Å². The second kappa shape index (κ2) is 6.86. The molecule has 0 bridgehead atoms. The molecular formula is C18H24N4O3S. The number of para-hydroxylation sites is 1. The van der Waals surface area contributed by atoms with Gasteiger partial charge in [0.15, 0.2) is 5.76 Å². The van der Waals surface area contributed by atoms with Gasteiger partial charge in [-0.3, -0.25) is 0 Å². The minimum Gasteiger partial charge on any atom is -0.360 e. The van der Waals surface area contributed by atoms with Crippen molar-refractivity contribution in [2.75, 3.05) is 20.6 Å². The summed E-state index contributed by atoms with van der Waals surface area (Å²) in [5.74, 6) is 0.293. The van der Waals surface area contributed by atoms with E-state index in [1.807, 2.05) is 38.2 Å². The first-order valence-corrected chi connectivity index (χ1v) is 9.83. The molecule has 0 unspecified atom stereocenters. The van der Waals surface area contributed by atoms with E-state index in [2.05, 4.69) is 32.8 Å². The number of benzene rings is 1. The monoisotopic (exact) mass is 376 g/mol. The fourth-order valence-corrected chi connectivity index (χ4v) is 4.69. The van der Waals surface area contributed by atoms with Crippen molar-refractivity contribution in [1.29, 1.82) is 0 Å². The molecule has 0 saturated carbocycles. The highest BCUT2D eigenvalue weighted by Gasteiger charge is 2.27. The average molecular weight is 376 g/mol. The lowest BCUT2D eigenvalue weighted by molar-refractivity contribution is 0.301. The van der Waals surface area contributed by atoms with Crippen LogP contribution in [-0.4, -0.2) is 43.7 Å². The summed E-state index contributed by atoms with van der Waals surface area (Å²) in [6, 6.07) is 7.99. The lowest BCUT2D eigenvalue weighted by Gasteiger charge is -2.24. The molecule has 2 heterocycles. The van der Waals surface area contributed by atoms with Crippen molar-refractivity contribution < 1.29 is 12.9 Å². The molecule has 1 N–H and O–H groups in total. The number of nitrogens with zero attached hydrogens (tertiary/aromatic N) is 3. The molecule has 140 valence electrons. The van der Waals surface area contributed by atoms with Crippen LogP contribution in [0.4, 0.5) is 0 Å². The molecule has 3 rings (SSSR count). The Hall–Kier alpha value is -2.16. The quantitative estimate of drug-likeness (QED) is 0.714. The molecule has 1 atom stereocenters. The van der Waals surface area contributed by atoms with Gasteiger partial charge in [0, 0.05) is 36.7 Å². The first kappa shape index (κ1) is 18.6. The molecule has 26 heavy (non-hydrogen) atoms. The molecule has 1 aromatic carbocycles. The molecule has 3 aromatic rings. The van der Waals surface area contributed by atoms with Crippen LogP contribution in [-0.2, 0) is 17.1 Å². The number of hydrogen-bond donors (Lipinski definition) is 1. The summed E-state index contributed by atoms with van der Waals surface area (Å²) < 4.78 is 35.2. The highest BCUT2D eigenvalue weighted by Crippen LogP contribution is 2.29. The molecule has 0 amide bonds. The maximum atomic E-state index is 12.7. The molecule has 0 aliphatic heterocycles. The Morgan fingerprint density at radius 2 is 1.96 bits per heavy atom. The highest BCUT2D eigenvalue weighted by molar-refractivity contribution is 7.89. The standard InChI is InChI=1S/C18H24N4O3S/c1-12-18(13(2)25-20-12)26(23,24)19-10-17(21(3)4)15-11-22(5)16-9-7-6-8-14(15)16/h6-9,11,17,19H,10H2,1-5H3/t17-/m1/s1. The van der Waals surface area contributed by atoms with E-state index in [0.717, 1.165) is 16.5 Å². The SMILES string of the molecule is Cc1noc(C)c1S(=O)(=O)NC[C@H](c1cn(C)c2ccccc12)N(C)C. The third kappa shape index (κ3) is 3.27. The summed E-state index contributed by atoms with van der Waals surface area (Å²) >= 11 is 0. The van der Waals surface area contributed by atoms with Gasteiger partial charge in [-0.2, -0.15) is 0 Å². The zero-order valence-corrected chi connectivity index (χ0v) is 16.5. The van der Waals surface area contributed by atoms with Crippen LogP contribution in [0.25, 0.3) is 10.9 Å². The van der Waals surface area contributed by atoms with Crippen LogP contribution >= 0.6 is 0 Å². The molecule has 0 saturated heterocycles. The van der Waals surface area contributed by atoms with Gasteiger partial charge >= 0.3 is 0 Å². The van der Waals surface area contributed by atoms with E-state index >= 15 is 0 Å². The number of fused-ring (bicyclic) bond motifs is 1. The summed E-state index contributed by atoms with van der Waals surface area (Å²) in [6.07, 6.45) is 2.06. The van der Waals surface area contributed by atoms with Crippen LogP contribution in [0.3, 0.4) is 0 Å². The zero-order chi connectivity index (χ0) is 19.1. The molecule has 0 aliphatic carbocycles. The van der Waals surface area contributed by atoms with Crippen molar-refractivity contribution >= 4 is 20.9 Å². The summed E-state index contributed by atoms with van der Waals surface area (Å²) in [6.45, 7) is 3.47. The number of hydrogen-bond acceptors (Lipinski definition) is 5. The summed E-state index contributed by atoms with van der Waals surface area (Å²) in [5.41, 5.74) is 2.55. The molecule has 2 aromatic heterocycles. The van der Waals surface area contributed by atoms with E-state index in [0.29, 0.717) is 11.5 Å². The van der Waals surface area contributed by atoms with Crippen molar-refractivity contribution in [3.63, 3.8) is 0 Å². The number of aryl methyl sites for hydroxylation is 3. The molecule has 0 spiro atoms. The number of likely N-dealkylation sites (N-methyl/N-ethyl adjacent to an activating group) is 1. The van der Waals surface area contributed by atoms with Gasteiger partial charge in [-0.05, 0) is 39.6 Å². The third-order valence-corrected chi connectivity index (χ3v) is 6.28. The smallest absolute Gasteiger partial charge is 0.246 e. The Morgan fingerprint density at radius 1 is 1.27 bits per heavy atom. The van der Waals surface area contributed by atoms with Gasteiger partial charge in [-0.25, -0.2) is 13.1 Å². The molecular weight excluding hydrogens is 352 g/mol. The molecule has 7 nitrogen and oxygen atoms in total. The normalized spacial score (nSPS) is 13.6. The van der Waals surface area contributed by atoms with E-state index in [4.69, 9.17) is 4.52 Å². The first-order valence-electron chi connectivity index (χ1n) is 8.35. The third-order valence-electron chi connectivity index (χ3n) is 4.61. The maximum Gasteiger partial charge on any atom is 0.246 e. The average Bonchev–Trinajstić information content (AvgIpc) is 3.08. The van der Waals surface area contributed by atoms with E-state index in [1.165, 1.54) is 0 Å². The predicted octanol–water partition coefficient (Wildman–Crippen LogP) is 2.36. The second-order valence-electron chi connectivity index (χ2n) is 6.70. The van der Waals surface area contributed by atoms with Crippen molar-refractivity contribution in [2.45, 2.75) is 24.8 Å². The largest absolute Gasteiger partial charge is 0.360 e. The minimum atomic E-state index is -3.70. The Morgan fingerprint density at radius 3 is 2.58 bits per heavy atom. The lowest BCUT2D eigenvalue weighted by atomic mass is 10.1. The van der Waals surface area contributed by atoms with Gasteiger partial charge < -0.3 is 14.0 Å². The maximum absolute atomic E-state index is 12.7. The van der Waals surface area contributed by atoms with Gasteiger partial charge in [-0.15, -0.1) is 0 Å². The van der Waals surface area contributed by atoms with Crippen LogP contribution < -0.4 is 4.72 Å². The van der Waals surface area contributed by atoms with Gasteiger partial charge in [0.05, 0.1) is 0 Å². The van der Waals surface area contributed by atoms with Crippen molar-refractivity contribution in [3.05, 3.63) is 47.5 Å². The Balaban J connectivity index is 1.93. The van der Waals surface area contributed by atoms with Crippen molar-refractivity contribution in [2.24, 2.45) is 7.05 Å². The van der Waals surface area contributed by atoms with Crippen molar-refractivity contribution in [1.82, 2.24) is 19.3 Å². The first-order chi connectivity index (χ1) is 12.2. The van der Waals surface area contributed by atoms with Crippen LogP contribution in [0.2, 0.25) is 0 Å². The fraction of sp³-hybridized carbons (Fsp3) is 0.389. The van der Waals surface area contributed by atoms with Crippen LogP contribution in [0.15, 0.2) is 39.9 Å². The molecule has 0 radical (unpaired) electrons. The van der Waals surface area contributed by atoms with E-state index in [9.17, 15) is 8.42 Å². The Bertz CT molecular complexity index is 1010. The summed E-state index contributed by atoms with van der Waals surface area (Å²) in [4.78, 5) is 2.13. The second-order valence-corrected chi connectivity index (χ2v) is 8.40. The number of nitrogens with one attached hydrogen (secondary N) is 1. The molecule has 0 aliphatic rings. The van der Waals surface area contributed by atoms with E-state index in [-0.39, 0.29) is 17.5 Å². The van der Waals surface area contributed by atoms with Crippen LogP contribution in [0, 0.1) is 13.8 Å². The Labute approximate surface area is 153 Å². The van der Waals surface area contributed by atoms with Crippen LogP contribution in [0.1, 0.15) is 23.1 Å². The van der Waals surface area contributed by atoms with Crippen molar-refractivity contribution in [3.8, 4) is 0 Å². The Kier molecular flexibility index (Phi) is 4.92. The van der Waals surface area contributed by atoms with Gasteiger partial charge in [0.1, 0.15) is 10.6 Å². The number of aromatic nitrogens is 2. The highest BCUT2D eigenvalue weighted by atomic mass is 32.2.